The van der Waals surface area contributed by atoms with Crippen molar-refractivity contribution in [2.24, 2.45) is 0 Å². The van der Waals surface area contributed by atoms with Crippen LogP contribution in [0.2, 0.25) is 0 Å². The molecule has 0 atom stereocenters. The highest BCUT2D eigenvalue weighted by Gasteiger charge is 2.37. The molecule has 0 fully saturated rings. The van der Waals surface area contributed by atoms with Crippen LogP contribution in [0.15, 0.2) is 36.4 Å². The van der Waals surface area contributed by atoms with Gasteiger partial charge in [-0.25, -0.2) is 0 Å². The molecule has 0 bridgehead atoms. The minimum Gasteiger partial charge on any atom is -0.507 e. The summed E-state index contributed by atoms with van der Waals surface area (Å²) in [5, 5.41) is 31.5. The van der Waals surface area contributed by atoms with Crippen molar-refractivity contribution < 1.29 is 29.7 Å². The molecule has 0 amide bonds. The molecule has 6 nitrogen and oxygen atoms in total. The van der Waals surface area contributed by atoms with Crippen LogP contribution in [0.4, 0.5) is 0 Å². The number of hydrogen-bond donors (Lipinski definition) is 3. The Hall–Kier alpha value is -3.67. The summed E-state index contributed by atoms with van der Waals surface area (Å²) < 4.78 is 0. The van der Waals surface area contributed by atoms with Crippen molar-refractivity contribution in [3.63, 3.8) is 0 Å². The molecule has 0 spiro atoms. The van der Waals surface area contributed by atoms with Crippen LogP contribution in [0, 0.1) is 0 Å². The molecule has 128 valence electrons. The number of carbonyl (C=O) groups is 3. The Labute approximate surface area is 146 Å². The zero-order chi connectivity index (χ0) is 18.7. The Kier molecular flexibility index (Phi) is 3.14. The second-order valence-electron chi connectivity index (χ2n) is 6.12. The minimum absolute atomic E-state index is 0.0562. The SMILES string of the molecule is CC(=O)c1ccc2c(O)c3c(c(O)c2c1)C(=O)c1cccc(O)c1C3=O. The minimum atomic E-state index is -0.752. The molecule has 4 rings (SSSR count). The predicted octanol–water partition coefficient (Wildman–Crippen LogP) is 2.93. The lowest BCUT2D eigenvalue weighted by atomic mass is 9.81. The average molecular weight is 348 g/mol. The smallest absolute Gasteiger partial charge is 0.202 e. The maximum Gasteiger partial charge on any atom is 0.202 e. The van der Waals surface area contributed by atoms with Gasteiger partial charge in [-0.2, -0.15) is 0 Å². The Bertz CT molecular complexity index is 1170. The number of fused-ring (bicyclic) bond motifs is 3. The lowest BCUT2D eigenvalue weighted by Gasteiger charge is -2.21. The van der Waals surface area contributed by atoms with E-state index in [4.69, 9.17) is 0 Å². The zero-order valence-corrected chi connectivity index (χ0v) is 13.5. The van der Waals surface area contributed by atoms with E-state index in [2.05, 4.69) is 0 Å². The van der Waals surface area contributed by atoms with Gasteiger partial charge in [0.05, 0.1) is 16.7 Å². The van der Waals surface area contributed by atoms with E-state index in [1.54, 1.807) is 0 Å². The van der Waals surface area contributed by atoms with Gasteiger partial charge in [-0.1, -0.05) is 18.2 Å². The van der Waals surface area contributed by atoms with Crippen LogP contribution in [0.3, 0.4) is 0 Å². The fraction of sp³-hybridized carbons (Fsp3) is 0.0500. The maximum atomic E-state index is 12.8. The second kappa shape index (κ2) is 5.16. The first-order valence-corrected chi connectivity index (χ1v) is 7.77. The van der Waals surface area contributed by atoms with Gasteiger partial charge in [0.25, 0.3) is 0 Å². The highest BCUT2D eigenvalue weighted by molar-refractivity contribution is 6.33. The summed E-state index contributed by atoms with van der Waals surface area (Å²) in [5.41, 5.74) is -0.665. The van der Waals surface area contributed by atoms with Gasteiger partial charge in [0, 0.05) is 21.9 Å². The van der Waals surface area contributed by atoms with Gasteiger partial charge in [0.1, 0.15) is 17.2 Å². The van der Waals surface area contributed by atoms with Crippen LogP contribution in [0.1, 0.15) is 49.1 Å². The Morgan fingerprint density at radius 1 is 0.808 bits per heavy atom. The summed E-state index contributed by atoms with van der Waals surface area (Å²) in [5.74, 6) is -3.02. The standard InChI is InChI=1S/C20H12O6/c1-8(21)9-5-6-10-12(7-9)19(25)15-16(17(10)23)20(26)14-11(18(15)24)3-2-4-13(14)22/h2-7,22-23,25H,1H3. The fourth-order valence-electron chi connectivity index (χ4n) is 3.34. The van der Waals surface area contributed by atoms with Gasteiger partial charge in [-0.05, 0) is 25.1 Å². The summed E-state index contributed by atoms with van der Waals surface area (Å²) in [7, 11) is 0. The topological polar surface area (TPSA) is 112 Å². The highest BCUT2D eigenvalue weighted by Crippen LogP contribution is 2.45. The fourth-order valence-corrected chi connectivity index (χ4v) is 3.34. The van der Waals surface area contributed by atoms with Crippen LogP contribution in [0.25, 0.3) is 10.8 Å². The monoisotopic (exact) mass is 348 g/mol. The largest absolute Gasteiger partial charge is 0.507 e. The van der Waals surface area contributed by atoms with Gasteiger partial charge in [-0.3, -0.25) is 14.4 Å². The van der Waals surface area contributed by atoms with Gasteiger partial charge >= 0.3 is 0 Å². The van der Waals surface area contributed by atoms with Crippen LogP contribution in [0.5, 0.6) is 17.2 Å². The van der Waals surface area contributed by atoms with Crippen molar-refractivity contribution in [1.82, 2.24) is 0 Å². The number of phenols is 3. The van der Waals surface area contributed by atoms with Crippen molar-refractivity contribution in [2.75, 3.05) is 0 Å². The van der Waals surface area contributed by atoms with Crippen molar-refractivity contribution in [3.8, 4) is 17.2 Å². The molecule has 6 heteroatoms. The maximum absolute atomic E-state index is 12.8. The van der Waals surface area contributed by atoms with Gasteiger partial charge < -0.3 is 15.3 Å². The Morgan fingerprint density at radius 3 is 2.15 bits per heavy atom. The van der Waals surface area contributed by atoms with Crippen molar-refractivity contribution >= 4 is 28.1 Å². The molecule has 0 heterocycles. The summed E-state index contributed by atoms with van der Waals surface area (Å²) in [6, 6.07) is 8.27. The summed E-state index contributed by atoms with van der Waals surface area (Å²) in [4.78, 5) is 37.3. The van der Waals surface area contributed by atoms with Crippen LogP contribution >= 0.6 is 0 Å². The number of aromatic hydroxyl groups is 3. The molecule has 0 aliphatic heterocycles. The van der Waals surface area contributed by atoms with Crippen LogP contribution < -0.4 is 0 Å². The first-order chi connectivity index (χ1) is 12.3. The highest BCUT2D eigenvalue weighted by atomic mass is 16.3. The van der Waals surface area contributed by atoms with E-state index in [0.717, 1.165) is 0 Å². The van der Waals surface area contributed by atoms with Crippen molar-refractivity contribution in [2.45, 2.75) is 6.92 Å². The van der Waals surface area contributed by atoms with E-state index in [1.807, 2.05) is 0 Å². The number of phenolic OH excluding ortho intramolecular Hbond substituents is 3. The summed E-state index contributed by atoms with van der Waals surface area (Å²) in [6.07, 6.45) is 0. The van der Waals surface area contributed by atoms with Crippen molar-refractivity contribution in [1.29, 1.82) is 0 Å². The van der Waals surface area contributed by atoms with Gasteiger partial charge in [0.15, 0.2) is 11.6 Å². The van der Waals surface area contributed by atoms with E-state index in [-0.39, 0.29) is 44.6 Å². The Morgan fingerprint density at radius 2 is 1.46 bits per heavy atom. The quantitative estimate of drug-likeness (QED) is 0.360. The van der Waals surface area contributed by atoms with E-state index in [0.29, 0.717) is 5.56 Å². The molecule has 1 aliphatic carbocycles. The van der Waals surface area contributed by atoms with Crippen LogP contribution in [-0.4, -0.2) is 32.7 Å². The number of benzene rings is 3. The average Bonchev–Trinajstić information content (AvgIpc) is 2.62. The number of hydrogen-bond acceptors (Lipinski definition) is 6. The number of Topliss-reactive ketones (excluding diaryl/α,β-unsaturated/α-hetero) is 1. The predicted molar refractivity (Wildman–Crippen MR) is 92.3 cm³/mol. The molecule has 0 saturated heterocycles. The molecule has 0 unspecified atom stereocenters. The second-order valence-corrected chi connectivity index (χ2v) is 6.12. The van der Waals surface area contributed by atoms with E-state index >= 15 is 0 Å². The normalized spacial score (nSPS) is 12.8. The zero-order valence-electron chi connectivity index (χ0n) is 13.5. The molecule has 0 radical (unpaired) electrons. The third-order valence-electron chi connectivity index (χ3n) is 4.63. The molecular weight excluding hydrogens is 336 g/mol. The van der Waals surface area contributed by atoms with E-state index in [1.165, 1.54) is 43.3 Å². The van der Waals surface area contributed by atoms with Gasteiger partial charge in [0.2, 0.25) is 5.78 Å². The molecule has 1 aliphatic rings. The molecule has 26 heavy (non-hydrogen) atoms. The van der Waals surface area contributed by atoms with Crippen molar-refractivity contribution in [3.05, 3.63) is 64.2 Å². The van der Waals surface area contributed by atoms with E-state index in [9.17, 15) is 29.7 Å². The first-order valence-electron chi connectivity index (χ1n) is 7.77. The Balaban J connectivity index is 2.14. The third kappa shape index (κ3) is 1.89. The summed E-state index contributed by atoms with van der Waals surface area (Å²) in [6.45, 7) is 1.35. The lowest BCUT2D eigenvalue weighted by Crippen LogP contribution is -2.21. The van der Waals surface area contributed by atoms with E-state index < -0.39 is 23.1 Å². The number of rotatable bonds is 1. The molecule has 0 saturated carbocycles. The van der Waals surface area contributed by atoms with Gasteiger partial charge in [-0.15, -0.1) is 0 Å². The third-order valence-corrected chi connectivity index (χ3v) is 4.63. The first kappa shape index (κ1) is 15.8. The lowest BCUT2D eigenvalue weighted by molar-refractivity contribution is 0.0972. The molecule has 3 aromatic rings. The molecule has 3 aromatic carbocycles. The summed E-state index contributed by atoms with van der Waals surface area (Å²) >= 11 is 0. The number of ketones is 3. The molecular formula is C20H12O6. The van der Waals surface area contributed by atoms with Crippen LogP contribution in [-0.2, 0) is 0 Å². The molecule has 3 N–H and O–H groups in total. The molecule has 0 aromatic heterocycles. The number of carbonyl (C=O) groups excluding carboxylic acids is 3.